The molecule has 0 unspecified atom stereocenters. The molecule has 1 aromatic carbocycles. The summed E-state index contributed by atoms with van der Waals surface area (Å²) in [6.07, 6.45) is -1.64. The molecule has 0 spiro atoms. The van der Waals surface area contributed by atoms with E-state index in [-0.39, 0.29) is 0 Å². The second kappa shape index (κ2) is 5.13. The molecule has 4 nitrogen and oxygen atoms in total. The highest BCUT2D eigenvalue weighted by Crippen LogP contribution is 2.37. The molecular weight excluding hydrogens is 305 g/mol. The van der Waals surface area contributed by atoms with Crippen molar-refractivity contribution in [3.05, 3.63) is 52.7 Å². The quantitative estimate of drug-likeness (QED) is 0.835. The van der Waals surface area contributed by atoms with Crippen LogP contribution in [-0.2, 0) is 6.18 Å². The second-order valence-corrected chi connectivity index (χ2v) is 5.70. The molecule has 0 bridgehead atoms. The van der Waals surface area contributed by atoms with E-state index in [2.05, 4.69) is 20.7 Å². The summed E-state index contributed by atoms with van der Waals surface area (Å²) in [5.74, 6) is 0.762. The molecule has 0 aromatic heterocycles. The van der Waals surface area contributed by atoms with Gasteiger partial charge in [-0.2, -0.15) is 18.3 Å². The van der Waals surface area contributed by atoms with Crippen molar-refractivity contribution in [1.82, 2.24) is 15.6 Å². The van der Waals surface area contributed by atoms with Gasteiger partial charge in [-0.25, -0.2) is 0 Å². The Morgan fingerprint density at radius 1 is 1.22 bits per heavy atom. The number of fused-ring (bicyclic) bond motifs is 2. The molecule has 0 aliphatic carbocycles. The number of benzene rings is 1. The Morgan fingerprint density at radius 2 is 2.09 bits per heavy atom. The summed E-state index contributed by atoms with van der Waals surface area (Å²) < 4.78 is 39.0. The van der Waals surface area contributed by atoms with Crippen LogP contribution in [0.3, 0.4) is 0 Å². The van der Waals surface area contributed by atoms with E-state index >= 15 is 0 Å². The molecule has 3 aliphatic rings. The molecule has 120 valence electrons. The van der Waals surface area contributed by atoms with E-state index in [0.29, 0.717) is 18.8 Å². The number of rotatable bonds is 1. The smallest absolute Gasteiger partial charge is 0.312 e. The lowest BCUT2D eigenvalue weighted by Crippen LogP contribution is -2.38. The molecular formula is C16H15F3N4. The van der Waals surface area contributed by atoms with Crippen molar-refractivity contribution >= 4 is 11.4 Å². The molecule has 0 saturated carbocycles. The minimum absolute atomic E-state index is 0.574. The van der Waals surface area contributed by atoms with Crippen LogP contribution in [0.15, 0.2) is 46.7 Å². The molecule has 0 atom stereocenters. The molecule has 3 aliphatic heterocycles. The Kier molecular flexibility index (Phi) is 3.19. The molecule has 7 heteroatoms. The Labute approximate surface area is 131 Å². The normalized spacial score (nSPS) is 20.6. The van der Waals surface area contributed by atoms with Crippen molar-refractivity contribution in [2.24, 2.45) is 5.10 Å². The zero-order valence-electron chi connectivity index (χ0n) is 12.2. The second-order valence-electron chi connectivity index (χ2n) is 5.70. The lowest BCUT2D eigenvalue weighted by molar-refractivity contribution is -0.137. The number of hydrogen-bond donors (Lipinski definition) is 2. The van der Waals surface area contributed by atoms with E-state index < -0.39 is 11.7 Å². The first-order valence-corrected chi connectivity index (χ1v) is 7.44. The predicted molar refractivity (Wildman–Crippen MR) is 81.2 cm³/mol. The van der Waals surface area contributed by atoms with Crippen LogP contribution >= 0.6 is 0 Å². The van der Waals surface area contributed by atoms with Gasteiger partial charge in [0.25, 0.3) is 0 Å². The summed E-state index contributed by atoms with van der Waals surface area (Å²) in [4.78, 5) is 2.09. The fourth-order valence-electron chi connectivity index (χ4n) is 3.23. The third-order valence-electron chi connectivity index (χ3n) is 4.31. The maximum Gasteiger partial charge on any atom is 0.416 e. The largest absolute Gasteiger partial charge is 0.416 e. The zero-order chi connectivity index (χ0) is 16.0. The van der Waals surface area contributed by atoms with Crippen molar-refractivity contribution in [1.29, 1.82) is 0 Å². The van der Waals surface area contributed by atoms with E-state index in [1.54, 1.807) is 6.07 Å². The van der Waals surface area contributed by atoms with Gasteiger partial charge in [0.15, 0.2) is 5.84 Å². The standard InChI is InChI=1S/C16H15F3N4/c17-16(18,19)11-3-1-2-10(6-11)12-7-15-22-21-9-23(15)14-4-5-20-8-13(12)14/h1-3,6-7,20-21H,4-5,8-9H2. The van der Waals surface area contributed by atoms with Gasteiger partial charge >= 0.3 is 6.18 Å². The Hall–Kier alpha value is -2.28. The highest BCUT2D eigenvalue weighted by atomic mass is 19.4. The van der Waals surface area contributed by atoms with Crippen LogP contribution in [0, 0.1) is 0 Å². The summed E-state index contributed by atoms with van der Waals surface area (Å²) >= 11 is 0. The summed E-state index contributed by atoms with van der Waals surface area (Å²) in [5, 5.41) is 7.54. The van der Waals surface area contributed by atoms with E-state index in [0.717, 1.165) is 41.7 Å². The number of hydrogen-bond acceptors (Lipinski definition) is 4. The number of hydrazone groups is 1. The summed E-state index contributed by atoms with van der Waals surface area (Å²) in [6.45, 7) is 2.13. The molecule has 3 heterocycles. The Balaban J connectivity index is 1.83. The van der Waals surface area contributed by atoms with Gasteiger partial charge in [0.1, 0.15) is 6.67 Å². The molecule has 0 amide bonds. The van der Waals surface area contributed by atoms with E-state index in [1.165, 1.54) is 12.1 Å². The van der Waals surface area contributed by atoms with Crippen molar-refractivity contribution < 1.29 is 13.2 Å². The number of alkyl halides is 3. The number of amidine groups is 1. The van der Waals surface area contributed by atoms with Gasteiger partial charge in [0, 0.05) is 25.2 Å². The highest BCUT2D eigenvalue weighted by Gasteiger charge is 2.33. The average Bonchev–Trinajstić information content (AvgIpc) is 3.02. The Morgan fingerprint density at radius 3 is 2.91 bits per heavy atom. The van der Waals surface area contributed by atoms with Crippen LogP contribution < -0.4 is 10.7 Å². The van der Waals surface area contributed by atoms with Crippen LogP contribution in [0.2, 0.25) is 0 Å². The highest BCUT2D eigenvalue weighted by molar-refractivity contribution is 6.06. The van der Waals surface area contributed by atoms with Crippen molar-refractivity contribution in [2.75, 3.05) is 19.8 Å². The number of halogens is 3. The van der Waals surface area contributed by atoms with Gasteiger partial charge in [-0.05, 0) is 34.9 Å². The lowest BCUT2D eigenvalue weighted by atomic mass is 9.89. The topological polar surface area (TPSA) is 39.7 Å². The van der Waals surface area contributed by atoms with E-state index in [9.17, 15) is 13.2 Å². The first-order chi connectivity index (χ1) is 11.0. The van der Waals surface area contributed by atoms with E-state index in [1.807, 2.05) is 6.08 Å². The van der Waals surface area contributed by atoms with Crippen molar-refractivity contribution in [2.45, 2.75) is 12.6 Å². The number of nitrogens with zero attached hydrogens (tertiary/aromatic N) is 2. The van der Waals surface area contributed by atoms with Crippen LogP contribution in [-0.4, -0.2) is 30.5 Å². The Bertz CT molecular complexity index is 746. The van der Waals surface area contributed by atoms with Gasteiger partial charge < -0.3 is 10.2 Å². The van der Waals surface area contributed by atoms with Crippen molar-refractivity contribution in [3.8, 4) is 0 Å². The first kappa shape index (κ1) is 14.3. The monoisotopic (exact) mass is 320 g/mol. The fraction of sp³-hybridized carbons (Fsp3) is 0.312. The minimum atomic E-state index is -4.34. The van der Waals surface area contributed by atoms with E-state index in [4.69, 9.17) is 0 Å². The van der Waals surface area contributed by atoms with Crippen LogP contribution in [0.5, 0.6) is 0 Å². The van der Waals surface area contributed by atoms with Crippen LogP contribution in [0.4, 0.5) is 13.2 Å². The molecule has 0 saturated heterocycles. The number of nitrogens with one attached hydrogen (secondary N) is 2. The third kappa shape index (κ3) is 2.41. The predicted octanol–water partition coefficient (Wildman–Crippen LogP) is 2.53. The summed E-state index contributed by atoms with van der Waals surface area (Å²) in [5.41, 5.74) is 5.90. The lowest BCUT2D eigenvalue weighted by Gasteiger charge is -2.33. The molecule has 4 rings (SSSR count). The molecule has 0 radical (unpaired) electrons. The summed E-state index contributed by atoms with van der Waals surface area (Å²) in [7, 11) is 0. The SMILES string of the molecule is FC(F)(F)c1cccc(C2=CC3=NNCN3C3=C2CNCC3)c1. The van der Waals surface area contributed by atoms with Gasteiger partial charge in [0.2, 0.25) is 0 Å². The average molecular weight is 320 g/mol. The molecule has 2 N–H and O–H groups in total. The maximum atomic E-state index is 13.0. The minimum Gasteiger partial charge on any atom is -0.312 e. The van der Waals surface area contributed by atoms with Gasteiger partial charge in [-0.1, -0.05) is 12.1 Å². The molecule has 23 heavy (non-hydrogen) atoms. The van der Waals surface area contributed by atoms with Gasteiger partial charge in [-0.3, -0.25) is 5.43 Å². The van der Waals surface area contributed by atoms with Crippen LogP contribution in [0.1, 0.15) is 17.5 Å². The van der Waals surface area contributed by atoms with Crippen LogP contribution in [0.25, 0.3) is 5.57 Å². The van der Waals surface area contributed by atoms with Gasteiger partial charge in [0.05, 0.1) is 5.56 Å². The summed E-state index contributed by atoms with van der Waals surface area (Å²) in [6, 6.07) is 5.49. The molecule has 1 aromatic rings. The fourth-order valence-corrected chi connectivity index (χ4v) is 3.23. The third-order valence-corrected chi connectivity index (χ3v) is 4.31. The zero-order valence-corrected chi connectivity index (χ0v) is 12.2. The molecule has 0 fully saturated rings. The maximum absolute atomic E-state index is 13.0. The van der Waals surface area contributed by atoms with Crippen molar-refractivity contribution in [3.63, 3.8) is 0 Å². The van der Waals surface area contributed by atoms with Gasteiger partial charge in [-0.15, -0.1) is 0 Å². The first-order valence-electron chi connectivity index (χ1n) is 7.44.